The van der Waals surface area contributed by atoms with Crippen LogP contribution < -0.4 is 9.62 Å². The minimum absolute atomic E-state index is 0.0488. The van der Waals surface area contributed by atoms with Crippen molar-refractivity contribution in [2.75, 3.05) is 16.7 Å². The number of hydrogen-bond acceptors (Lipinski definition) is 3. The van der Waals surface area contributed by atoms with E-state index in [0.717, 1.165) is 22.4 Å². The number of rotatable bonds is 4. The first kappa shape index (κ1) is 18.5. The minimum atomic E-state index is -3.71. The molecule has 3 rings (SSSR count). The number of benzene rings is 2. The van der Waals surface area contributed by atoms with Gasteiger partial charge < -0.3 is 4.90 Å². The predicted molar refractivity (Wildman–Crippen MR) is 104 cm³/mol. The summed E-state index contributed by atoms with van der Waals surface area (Å²) in [5.74, 6) is 0.253. The van der Waals surface area contributed by atoms with Crippen LogP contribution in [-0.2, 0) is 21.2 Å². The zero-order chi connectivity index (χ0) is 19.1. The molecule has 0 aromatic heterocycles. The van der Waals surface area contributed by atoms with E-state index in [9.17, 15) is 13.2 Å². The summed E-state index contributed by atoms with van der Waals surface area (Å²) >= 11 is 0. The van der Waals surface area contributed by atoms with Crippen LogP contribution in [0, 0.1) is 6.92 Å². The lowest BCUT2D eigenvalue weighted by Gasteiger charge is -2.26. The van der Waals surface area contributed by atoms with Gasteiger partial charge in [0.1, 0.15) is 0 Å². The number of nitrogens with one attached hydrogen (secondary N) is 1. The molecule has 0 spiro atoms. The Kier molecular flexibility index (Phi) is 4.80. The fraction of sp³-hybridized carbons (Fsp3) is 0.350. The number of aryl methyl sites for hydroxylation is 2. The van der Waals surface area contributed by atoms with E-state index in [4.69, 9.17) is 0 Å². The number of sulfonamides is 1. The Morgan fingerprint density at radius 3 is 2.54 bits per heavy atom. The highest BCUT2D eigenvalue weighted by atomic mass is 32.2. The van der Waals surface area contributed by atoms with Gasteiger partial charge in [-0.1, -0.05) is 32.0 Å². The monoisotopic (exact) mass is 372 g/mol. The van der Waals surface area contributed by atoms with Gasteiger partial charge in [-0.05, 0) is 54.2 Å². The highest BCUT2D eigenvalue weighted by molar-refractivity contribution is 7.92. The third-order valence-electron chi connectivity index (χ3n) is 4.87. The van der Waals surface area contributed by atoms with Crippen molar-refractivity contribution < 1.29 is 13.2 Å². The van der Waals surface area contributed by atoms with Crippen molar-refractivity contribution >= 4 is 27.3 Å². The lowest BCUT2D eigenvalue weighted by molar-refractivity contribution is -0.118. The SMILES string of the molecule is Cc1cccc(C(C)C)c1NS(=O)(=O)c1ccc2c(c1)CCC(=O)N2C. The van der Waals surface area contributed by atoms with Crippen LogP contribution in [0.1, 0.15) is 42.9 Å². The average molecular weight is 372 g/mol. The maximum absolute atomic E-state index is 13.0. The molecule has 1 aliphatic heterocycles. The zero-order valence-corrected chi connectivity index (χ0v) is 16.4. The lowest BCUT2D eigenvalue weighted by atomic mass is 9.99. The molecule has 0 fully saturated rings. The van der Waals surface area contributed by atoms with E-state index in [1.54, 1.807) is 30.1 Å². The van der Waals surface area contributed by atoms with Gasteiger partial charge in [-0.2, -0.15) is 0 Å². The van der Waals surface area contributed by atoms with Gasteiger partial charge in [0.15, 0.2) is 0 Å². The predicted octanol–water partition coefficient (Wildman–Crippen LogP) is 3.83. The van der Waals surface area contributed by atoms with Gasteiger partial charge >= 0.3 is 0 Å². The molecule has 0 saturated heterocycles. The van der Waals surface area contributed by atoms with Crippen LogP contribution in [0.4, 0.5) is 11.4 Å². The molecule has 1 N–H and O–H groups in total. The lowest BCUT2D eigenvalue weighted by Crippen LogP contribution is -2.31. The molecular weight excluding hydrogens is 348 g/mol. The summed E-state index contributed by atoms with van der Waals surface area (Å²) in [4.78, 5) is 13.6. The Bertz CT molecular complexity index is 965. The number of fused-ring (bicyclic) bond motifs is 1. The molecule has 1 aliphatic rings. The number of anilines is 2. The van der Waals surface area contributed by atoms with Gasteiger partial charge in [-0.3, -0.25) is 9.52 Å². The second-order valence-corrected chi connectivity index (χ2v) is 8.73. The zero-order valence-electron chi connectivity index (χ0n) is 15.5. The smallest absolute Gasteiger partial charge is 0.261 e. The van der Waals surface area contributed by atoms with Crippen LogP contribution in [0.3, 0.4) is 0 Å². The van der Waals surface area contributed by atoms with Crippen molar-refractivity contribution in [1.29, 1.82) is 0 Å². The van der Waals surface area contributed by atoms with Crippen molar-refractivity contribution in [3.8, 4) is 0 Å². The second kappa shape index (κ2) is 6.76. The number of carbonyl (C=O) groups excluding carboxylic acids is 1. The first-order valence-corrected chi connectivity index (χ1v) is 10.2. The summed E-state index contributed by atoms with van der Waals surface area (Å²) in [6, 6.07) is 10.7. The fourth-order valence-electron chi connectivity index (χ4n) is 3.30. The molecule has 0 aliphatic carbocycles. The van der Waals surface area contributed by atoms with Crippen molar-refractivity contribution in [1.82, 2.24) is 0 Å². The third-order valence-corrected chi connectivity index (χ3v) is 6.22. The molecule has 1 amide bonds. The summed E-state index contributed by atoms with van der Waals surface area (Å²) in [7, 11) is -1.99. The van der Waals surface area contributed by atoms with E-state index in [0.29, 0.717) is 18.5 Å². The molecule has 6 heteroatoms. The van der Waals surface area contributed by atoms with E-state index in [1.165, 1.54) is 0 Å². The number of nitrogens with zero attached hydrogens (tertiary/aromatic N) is 1. The van der Waals surface area contributed by atoms with E-state index in [2.05, 4.69) is 4.72 Å². The first-order chi connectivity index (χ1) is 12.2. The van der Waals surface area contributed by atoms with Crippen LogP contribution in [0.5, 0.6) is 0 Å². The van der Waals surface area contributed by atoms with Crippen LogP contribution in [-0.4, -0.2) is 21.4 Å². The molecule has 138 valence electrons. The molecule has 0 atom stereocenters. The van der Waals surface area contributed by atoms with Crippen LogP contribution >= 0.6 is 0 Å². The van der Waals surface area contributed by atoms with E-state index >= 15 is 0 Å². The Labute approximate surface area is 155 Å². The fourth-order valence-corrected chi connectivity index (χ4v) is 4.51. The summed E-state index contributed by atoms with van der Waals surface area (Å²) in [6.45, 7) is 5.98. The maximum Gasteiger partial charge on any atom is 0.261 e. The topological polar surface area (TPSA) is 66.5 Å². The molecule has 0 bridgehead atoms. The summed E-state index contributed by atoms with van der Waals surface area (Å²) in [6.07, 6.45) is 0.958. The van der Waals surface area contributed by atoms with Crippen molar-refractivity contribution in [3.05, 3.63) is 53.1 Å². The highest BCUT2D eigenvalue weighted by Crippen LogP contribution is 2.32. The maximum atomic E-state index is 13.0. The van der Waals surface area contributed by atoms with Crippen molar-refractivity contribution in [2.24, 2.45) is 0 Å². The Morgan fingerprint density at radius 1 is 1.12 bits per heavy atom. The van der Waals surface area contributed by atoms with Crippen molar-refractivity contribution in [2.45, 2.75) is 44.4 Å². The molecule has 2 aromatic carbocycles. The summed E-state index contributed by atoms with van der Waals surface area (Å²) in [5, 5.41) is 0. The summed E-state index contributed by atoms with van der Waals surface area (Å²) < 4.78 is 28.7. The van der Waals surface area contributed by atoms with Gasteiger partial charge in [0.25, 0.3) is 10.0 Å². The van der Waals surface area contributed by atoms with Gasteiger partial charge in [-0.15, -0.1) is 0 Å². The minimum Gasteiger partial charge on any atom is -0.315 e. The van der Waals surface area contributed by atoms with E-state index in [1.807, 2.05) is 39.0 Å². The normalized spacial score (nSPS) is 14.5. The molecular formula is C20H24N2O3S. The molecule has 0 saturated carbocycles. The highest BCUT2D eigenvalue weighted by Gasteiger charge is 2.24. The standard InChI is InChI=1S/C20H24N2O3S/c1-13(2)17-7-5-6-14(3)20(17)21-26(24,25)16-9-10-18-15(12-16)8-11-19(23)22(18)4/h5-7,9-10,12-13,21H,8,11H2,1-4H3. The van der Waals surface area contributed by atoms with Crippen molar-refractivity contribution in [3.63, 3.8) is 0 Å². The Morgan fingerprint density at radius 2 is 1.85 bits per heavy atom. The average Bonchev–Trinajstić information content (AvgIpc) is 2.59. The second-order valence-electron chi connectivity index (χ2n) is 7.04. The number of carbonyl (C=O) groups is 1. The first-order valence-electron chi connectivity index (χ1n) is 8.72. The molecule has 2 aromatic rings. The molecule has 26 heavy (non-hydrogen) atoms. The van der Waals surface area contributed by atoms with E-state index < -0.39 is 10.0 Å². The van der Waals surface area contributed by atoms with Crippen LogP contribution in [0.15, 0.2) is 41.3 Å². The number of hydrogen-bond donors (Lipinski definition) is 1. The Hall–Kier alpha value is -2.34. The molecule has 0 unspecified atom stereocenters. The van der Waals surface area contributed by atoms with Crippen LogP contribution in [0.2, 0.25) is 0 Å². The van der Waals surface area contributed by atoms with Gasteiger partial charge in [-0.25, -0.2) is 8.42 Å². The summed E-state index contributed by atoms with van der Waals surface area (Å²) in [5.41, 5.74) is 4.16. The molecule has 5 nitrogen and oxygen atoms in total. The Balaban J connectivity index is 1.99. The van der Waals surface area contributed by atoms with Crippen LogP contribution in [0.25, 0.3) is 0 Å². The number of para-hydroxylation sites is 1. The van der Waals surface area contributed by atoms with Gasteiger partial charge in [0.2, 0.25) is 5.91 Å². The van der Waals surface area contributed by atoms with E-state index in [-0.39, 0.29) is 16.7 Å². The van der Waals surface area contributed by atoms with Gasteiger partial charge in [0, 0.05) is 19.2 Å². The quantitative estimate of drug-likeness (QED) is 0.887. The number of amides is 1. The van der Waals surface area contributed by atoms with Gasteiger partial charge in [0.05, 0.1) is 10.6 Å². The molecule has 1 heterocycles. The third kappa shape index (κ3) is 3.33. The largest absolute Gasteiger partial charge is 0.315 e. The molecule has 0 radical (unpaired) electrons.